The van der Waals surface area contributed by atoms with Gasteiger partial charge < -0.3 is 10.0 Å². The lowest BCUT2D eigenvalue weighted by atomic mass is 9.86. The van der Waals surface area contributed by atoms with Crippen LogP contribution in [0.4, 0.5) is 0 Å². The zero-order valence-electron chi connectivity index (χ0n) is 9.06. The van der Waals surface area contributed by atoms with E-state index in [1.54, 1.807) is 0 Å². The number of aliphatic hydroxyl groups excluding tert-OH is 1. The lowest BCUT2D eigenvalue weighted by molar-refractivity contribution is 0.297. The van der Waals surface area contributed by atoms with Gasteiger partial charge in [0.15, 0.2) is 0 Å². The summed E-state index contributed by atoms with van der Waals surface area (Å²) in [4.78, 5) is 2.24. The molecule has 1 aliphatic rings. The fourth-order valence-electron chi connectivity index (χ4n) is 2.23. The molecule has 0 bridgehead atoms. The first kappa shape index (κ1) is 10.2. The summed E-state index contributed by atoms with van der Waals surface area (Å²) in [5, 5.41) is 9.25. The summed E-state index contributed by atoms with van der Waals surface area (Å²) >= 11 is 0. The Kier molecular flexibility index (Phi) is 3.07. The molecular formula is C13H17NO. The van der Waals surface area contributed by atoms with E-state index in [-0.39, 0.29) is 0 Å². The minimum Gasteiger partial charge on any atom is -0.516 e. The number of nitrogens with zero attached hydrogens (tertiary/aromatic N) is 1. The predicted octanol–water partition coefficient (Wildman–Crippen LogP) is 2.55. The molecular weight excluding hydrogens is 186 g/mol. The van der Waals surface area contributed by atoms with Crippen LogP contribution in [0, 0.1) is 0 Å². The lowest BCUT2D eigenvalue weighted by Gasteiger charge is -2.31. The van der Waals surface area contributed by atoms with E-state index >= 15 is 0 Å². The maximum absolute atomic E-state index is 9.25. The van der Waals surface area contributed by atoms with Crippen molar-refractivity contribution in [2.24, 2.45) is 0 Å². The van der Waals surface area contributed by atoms with Gasteiger partial charge in [-0.25, -0.2) is 0 Å². The highest BCUT2D eigenvalue weighted by molar-refractivity contribution is 5.30. The van der Waals surface area contributed by atoms with Crippen LogP contribution in [-0.2, 0) is 0 Å². The fraction of sp³-hybridized carbons (Fsp3) is 0.385. The first-order chi connectivity index (χ1) is 7.31. The van der Waals surface area contributed by atoms with Crippen molar-refractivity contribution in [3.8, 4) is 0 Å². The van der Waals surface area contributed by atoms with Gasteiger partial charge in [-0.2, -0.15) is 0 Å². The molecule has 2 rings (SSSR count). The number of hydrogen-bond acceptors (Lipinski definition) is 2. The lowest BCUT2D eigenvalue weighted by Crippen LogP contribution is -2.31. The molecule has 1 aliphatic heterocycles. The summed E-state index contributed by atoms with van der Waals surface area (Å²) in [7, 11) is 2.09. The van der Waals surface area contributed by atoms with Crippen LogP contribution in [0.25, 0.3) is 0 Å². The Labute approximate surface area is 90.8 Å². The van der Waals surface area contributed by atoms with Gasteiger partial charge in [0, 0.05) is 12.5 Å². The first-order valence-electron chi connectivity index (χ1n) is 5.38. The topological polar surface area (TPSA) is 23.5 Å². The van der Waals surface area contributed by atoms with Gasteiger partial charge in [-0.3, -0.25) is 0 Å². The van der Waals surface area contributed by atoms with Crippen LogP contribution in [0.5, 0.6) is 0 Å². The van der Waals surface area contributed by atoms with Gasteiger partial charge in [-0.15, -0.1) is 0 Å². The highest BCUT2D eigenvalue weighted by Crippen LogP contribution is 2.31. The van der Waals surface area contributed by atoms with E-state index in [4.69, 9.17) is 0 Å². The standard InChI is InChI=1S/C13H17NO/c1-14-8-7-13(12(9-14)10-15)11-5-3-2-4-6-11/h2-6,10,13,15H,7-9H2,1H3/b12-10-/t13-/m1/s1. The fourth-order valence-corrected chi connectivity index (χ4v) is 2.23. The van der Waals surface area contributed by atoms with Gasteiger partial charge in [0.2, 0.25) is 0 Å². The monoisotopic (exact) mass is 203 g/mol. The number of rotatable bonds is 1. The number of likely N-dealkylation sites (tertiary alicyclic amines) is 1. The predicted molar refractivity (Wildman–Crippen MR) is 62.0 cm³/mol. The van der Waals surface area contributed by atoms with Crippen molar-refractivity contribution < 1.29 is 5.11 Å². The van der Waals surface area contributed by atoms with E-state index < -0.39 is 0 Å². The van der Waals surface area contributed by atoms with E-state index in [2.05, 4.69) is 36.2 Å². The first-order valence-corrected chi connectivity index (χ1v) is 5.38. The summed E-state index contributed by atoms with van der Waals surface area (Å²) in [6.45, 7) is 1.97. The number of piperidine rings is 1. The van der Waals surface area contributed by atoms with Crippen molar-refractivity contribution in [2.45, 2.75) is 12.3 Å². The molecule has 1 heterocycles. The van der Waals surface area contributed by atoms with Crippen LogP contribution >= 0.6 is 0 Å². The molecule has 1 fully saturated rings. The summed E-state index contributed by atoms with van der Waals surface area (Å²) in [6, 6.07) is 10.4. The molecule has 0 aromatic heterocycles. The molecule has 15 heavy (non-hydrogen) atoms. The third kappa shape index (κ3) is 2.21. The Morgan fingerprint density at radius 1 is 1.33 bits per heavy atom. The van der Waals surface area contributed by atoms with Crippen LogP contribution in [0.15, 0.2) is 42.2 Å². The van der Waals surface area contributed by atoms with E-state index in [9.17, 15) is 5.11 Å². The minimum absolute atomic E-state index is 0.396. The molecule has 1 aromatic carbocycles. The molecule has 2 heteroatoms. The largest absolute Gasteiger partial charge is 0.516 e. The summed E-state index contributed by atoms with van der Waals surface area (Å²) in [5.74, 6) is 0.396. The molecule has 0 spiro atoms. The van der Waals surface area contributed by atoms with Crippen molar-refractivity contribution in [1.82, 2.24) is 4.90 Å². The van der Waals surface area contributed by atoms with Crippen LogP contribution in [0.3, 0.4) is 0 Å². The smallest absolute Gasteiger partial charge is 0.0802 e. The second kappa shape index (κ2) is 4.49. The second-order valence-electron chi connectivity index (χ2n) is 4.19. The van der Waals surface area contributed by atoms with Crippen LogP contribution in [-0.4, -0.2) is 30.1 Å². The number of likely N-dealkylation sites (N-methyl/N-ethyl adjacent to an activating group) is 1. The number of hydrogen-bond donors (Lipinski definition) is 1. The van der Waals surface area contributed by atoms with Crippen LogP contribution < -0.4 is 0 Å². The van der Waals surface area contributed by atoms with Crippen molar-refractivity contribution in [3.63, 3.8) is 0 Å². The zero-order chi connectivity index (χ0) is 10.7. The molecule has 0 amide bonds. The molecule has 0 aliphatic carbocycles. The van der Waals surface area contributed by atoms with Gasteiger partial charge >= 0.3 is 0 Å². The average molecular weight is 203 g/mol. The molecule has 1 aromatic rings. The quantitative estimate of drug-likeness (QED) is 0.709. The van der Waals surface area contributed by atoms with E-state index in [0.29, 0.717) is 5.92 Å². The summed E-state index contributed by atoms with van der Waals surface area (Å²) in [6.07, 6.45) is 2.38. The van der Waals surface area contributed by atoms with Gasteiger partial charge in [0.05, 0.1) is 6.26 Å². The molecule has 0 unspecified atom stereocenters. The third-order valence-electron chi connectivity index (χ3n) is 3.07. The molecule has 1 N–H and O–H groups in total. The normalized spacial score (nSPS) is 25.7. The Bertz CT molecular complexity index is 345. The number of aliphatic hydroxyl groups is 1. The summed E-state index contributed by atoms with van der Waals surface area (Å²) < 4.78 is 0. The highest BCUT2D eigenvalue weighted by atomic mass is 16.2. The summed E-state index contributed by atoms with van der Waals surface area (Å²) in [5.41, 5.74) is 2.43. The van der Waals surface area contributed by atoms with E-state index in [1.165, 1.54) is 11.8 Å². The van der Waals surface area contributed by atoms with Crippen molar-refractivity contribution in [1.29, 1.82) is 0 Å². The van der Waals surface area contributed by atoms with Crippen molar-refractivity contribution >= 4 is 0 Å². The van der Waals surface area contributed by atoms with Crippen LogP contribution in [0.1, 0.15) is 17.9 Å². The Morgan fingerprint density at radius 2 is 2.07 bits per heavy atom. The Balaban J connectivity index is 2.22. The Morgan fingerprint density at radius 3 is 2.73 bits per heavy atom. The van der Waals surface area contributed by atoms with E-state index in [0.717, 1.165) is 25.1 Å². The third-order valence-corrected chi connectivity index (χ3v) is 3.07. The average Bonchev–Trinajstić information content (AvgIpc) is 2.30. The maximum atomic E-state index is 9.25. The van der Waals surface area contributed by atoms with Crippen LogP contribution in [0.2, 0.25) is 0 Å². The van der Waals surface area contributed by atoms with Gasteiger partial charge in [0.25, 0.3) is 0 Å². The molecule has 0 radical (unpaired) electrons. The van der Waals surface area contributed by atoms with Gasteiger partial charge in [0.1, 0.15) is 0 Å². The molecule has 1 saturated heterocycles. The Hall–Kier alpha value is -1.28. The zero-order valence-corrected chi connectivity index (χ0v) is 9.06. The van der Waals surface area contributed by atoms with Gasteiger partial charge in [-0.05, 0) is 31.1 Å². The van der Waals surface area contributed by atoms with Crippen molar-refractivity contribution in [3.05, 3.63) is 47.7 Å². The van der Waals surface area contributed by atoms with Crippen molar-refractivity contribution in [2.75, 3.05) is 20.1 Å². The number of benzene rings is 1. The second-order valence-corrected chi connectivity index (χ2v) is 4.19. The SMILES string of the molecule is CN1CC[C@H](c2ccccc2)/C(=C\O)C1. The molecule has 0 saturated carbocycles. The molecule has 80 valence electrons. The maximum Gasteiger partial charge on any atom is 0.0802 e. The minimum atomic E-state index is 0.396. The molecule has 1 atom stereocenters. The van der Waals surface area contributed by atoms with E-state index in [1.807, 2.05) is 6.07 Å². The molecule has 2 nitrogen and oxygen atoms in total. The highest BCUT2D eigenvalue weighted by Gasteiger charge is 2.23. The van der Waals surface area contributed by atoms with Gasteiger partial charge in [-0.1, -0.05) is 30.3 Å².